The number of nitrogens with one attached hydrogen (secondary N) is 1. The number of carbonyl (C=O) groups is 1. The van der Waals surface area contributed by atoms with Gasteiger partial charge in [0.05, 0.1) is 5.69 Å². The summed E-state index contributed by atoms with van der Waals surface area (Å²) in [7, 11) is 0. The normalized spacial score (nSPS) is 10.0. The minimum absolute atomic E-state index is 0.563. The molecule has 88 valence electrons. The topological polar surface area (TPSA) is 84.4 Å². The van der Waals surface area contributed by atoms with Gasteiger partial charge in [0.2, 0.25) is 0 Å². The SMILES string of the molecule is NNC(=O)N(N)c1cccc(-c2ccsc2)c1. The maximum absolute atomic E-state index is 11.3. The van der Waals surface area contributed by atoms with Crippen LogP contribution in [0.3, 0.4) is 0 Å². The molecule has 0 aliphatic carbocycles. The van der Waals surface area contributed by atoms with Gasteiger partial charge in [-0.05, 0) is 40.1 Å². The number of anilines is 1. The first kappa shape index (κ1) is 11.6. The van der Waals surface area contributed by atoms with E-state index in [2.05, 4.69) is 0 Å². The Balaban J connectivity index is 2.32. The predicted octanol–water partition coefficient (Wildman–Crippen LogP) is 1.68. The number of carbonyl (C=O) groups excluding carboxylic acids is 1. The molecule has 0 atom stereocenters. The maximum Gasteiger partial charge on any atom is 0.350 e. The lowest BCUT2D eigenvalue weighted by atomic mass is 10.1. The van der Waals surface area contributed by atoms with Crippen LogP contribution in [0.4, 0.5) is 10.5 Å². The fourth-order valence-corrected chi connectivity index (χ4v) is 2.12. The Morgan fingerprint density at radius 3 is 2.76 bits per heavy atom. The molecule has 5 nitrogen and oxygen atoms in total. The maximum atomic E-state index is 11.3. The highest BCUT2D eigenvalue weighted by Crippen LogP contribution is 2.25. The zero-order valence-corrected chi connectivity index (χ0v) is 9.78. The molecule has 0 radical (unpaired) electrons. The summed E-state index contributed by atoms with van der Waals surface area (Å²) in [6.07, 6.45) is 0. The van der Waals surface area contributed by atoms with E-state index in [4.69, 9.17) is 11.7 Å². The number of urea groups is 1. The lowest BCUT2D eigenvalue weighted by molar-refractivity contribution is 0.246. The first-order valence-corrected chi connectivity index (χ1v) is 5.84. The highest BCUT2D eigenvalue weighted by molar-refractivity contribution is 7.08. The molecule has 0 unspecified atom stereocenters. The molecule has 0 saturated carbocycles. The minimum Gasteiger partial charge on any atom is -0.274 e. The Bertz CT molecular complexity index is 512. The van der Waals surface area contributed by atoms with Crippen LogP contribution in [0, 0.1) is 0 Å². The lowest BCUT2D eigenvalue weighted by Gasteiger charge is -2.16. The number of nitrogens with two attached hydrogens (primary N) is 2. The van der Waals surface area contributed by atoms with Crippen molar-refractivity contribution >= 4 is 23.1 Å². The van der Waals surface area contributed by atoms with Gasteiger partial charge in [-0.15, -0.1) is 0 Å². The van der Waals surface area contributed by atoms with Gasteiger partial charge < -0.3 is 0 Å². The van der Waals surface area contributed by atoms with Gasteiger partial charge in [-0.2, -0.15) is 11.3 Å². The molecule has 2 amide bonds. The second kappa shape index (κ2) is 4.96. The van der Waals surface area contributed by atoms with Gasteiger partial charge in [-0.25, -0.2) is 21.5 Å². The van der Waals surface area contributed by atoms with Crippen molar-refractivity contribution in [2.75, 3.05) is 5.01 Å². The van der Waals surface area contributed by atoms with Crippen LogP contribution in [0.5, 0.6) is 0 Å². The third-order valence-electron chi connectivity index (χ3n) is 2.32. The molecular weight excluding hydrogens is 236 g/mol. The zero-order valence-electron chi connectivity index (χ0n) is 8.96. The molecule has 5 N–H and O–H groups in total. The van der Waals surface area contributed by atoms with Gasteiger partial charge >= 0.3 is 6.03 Å². The average Bonchev–Trinajstić information content (AvgIpc) is 2.91. The Morgan fingerprint density at radius 2 is 2.12 bits per heavy atom. The fourth-order valence-electron chi connectivity index (χ4n) is 1.45. The summed E-state index contributed by atoms with van der Waals surface area (Å²) < 4.78 is 0. The third-order valence-corrected chi connectivity index (χ3v) is 3.00. The first-order valence-electron chi connectivity index (χ1n) is 4.90. The van der Waals surface area contributed by atoms with E-state index < -0.39 is 6.03 Å². The molecule has 1 heterocycles. The molecule has 1 aromatic carbocycles. The molecular formula is C11H12N4OS. The quantitative estimate of drug-likeness (QED) is 0.429. The van der Waals surface area contributed by atoms with Gasteiger partial charge in [-0.3, -0.25) is 5.43 Å². The third kappa shape index (κ3) is 2.44. The number of rotatable bonds is 2. The zero-order chi connectivity index (χ0) is 12.3. The molecule has 2 aromatic rings. The fraction of sp³-hybridized carbons (Fsp3) is 0. The lowest BCUT2D eigenvalue weighted by Crippen LogP contribution is -2.47. The van der Waals surface area contributed by atoms with E-state index in [1.54, 1.807) is 17.4 Å². The number of amides is 2. The van der Waals surface area contributed by atoms with Gasteiger partial charge in [-0.1, -0.05) is 12.1 Å². The highest BCUT2D eigenvalue weighted by Gasteiger charge is 2.10. The molecule has 17 heavy (non-hydrogen) atoms. The van der Waals surface area contributed by atoms with Crippen molar-refractivity contribution in [3.05, 3.63) is 41.1 Å². The molecule has 2 rings (SSSR count). The standard InChI is InChI=1S/C11H12N4OS/c12-14-11(16)15(13)10-3-1-2-8(6-10)9-4-5-17-7-9/h1-7H,12-13H2,(H,14,16). The van der Waals surface area contributed by atoms with Gasteiger partial charge in [0.1, 0.15) is 0 Å². The van der Waals surface area contributed by atoms with Crippen LogP contribution in [0.2, 0.25) is 0 Å². The molecule has 1 aromatic heterocycles. The van der Waals surface area contributed by atoms with Crippen molar-refractivity contribution in [3.8, 4) is 11.1 Å². The molecule has 0 aliphatic rings. The van der Waals surface area contributed by atoms with E-state index in [9.17, 15) is 4.79 Å². The summed E-state index contributed by atoms with van der Waals surface area (Å²) in [5.74, 6) is 10.6. The number of benzene rings is 1. The van der Waals surface area contributed by atoms with Crippen LogP contribution >= 0.6 is 11.3 Å². The highest BCUT2D eigenvalue weighted by atomic mass is 32.1. The smallest absolute Gasteiger partial charge is 0.274 e. The molecule has 0 bridgehead atoms. The number of hydrogen-bond donors (Lipinski definition) is 3. The van der Waals surface area contributed by atoms with E-state index in [-0.39, 0.29) is 0 Å². The minimum atomic E-state index is -0.563. The molecule has 0 aliphatic heterocycles. The van der Waals surface area contributed by atoms with Crippen LogP contribution in [-0.2, 0) is 0 Å². The van der Waals surface area contributed by atoms with Crippen LogP contribution in [0.25, 0.3) is 11.1 Å². The Kier molecular flexibility index (Phi) is 3.38. The van der Waals surface area contributed by atoms with E-state index in [0.29, 0.717) is 5.69 Å². The number of nitrogens with zero attached hydrogens (tertiary/aromatic N) is 1. The van der Waals surface area contributed by atoms with Crippen LogP contribution in [-0.4, -0.2) is 6.03 Å². The number of hydrogen-bond acceptors (Lipinski definition) is 4. The van der Waals surface area contributed by atoms with Crippen LogP contribution in [0.1, 0.15) is 0 Å². The van der Waals surface area contributed by atoms with Crippen molar-refractivity contribution in [1.82, 2.24) is 5.43 Å². The van der Waals surface area contributed by atoms with Crippen molar-refractivity contribution in [3.63, 3.8) is 0 Å². The van der Waals surface area contributed by atoms with E-state index in [1.165, 1.54) is 0 Å². The van der Waals surface area contributed by atoms with Crippen LogP contribution < -0.4 is 22.1 Å². The average molecular weight is 248 g/mol. The second-order valence-electron chi connectivity index (χ2n) is 3.38. The van der Waals surface area contributed by atoms with Gasteiger partial charge in [0.25, 0.3) is 0 Å². The van der Waals surface area contributed by atoms with Gasteiger partial charge in [0.15, 0.2) is 0 Å². The van der Waals surface area contributed by atoms with Crippen molar-refractivity contribution in [2.24, 2.45) is 11.7 Å². The summed E-state index contributed by atoms with van der Waals surface area (Å²) in [6.45, 7) is 0. The number of hydrazine groups is 2. The predicted molar refractivity (Wildman–Crippen MR) is 69.1 cm³/mol. The van der Waals surface area contributed by atoms with E-state index >= 15 is 0 Å². The Morgan fingerprint density at radius 1 is 1.29 bits per heavy atom. The largest absolute Gasteiger partial charge is 0.350 e. The summed E-state index contributed by atoms with van der Waals surface area (Å²) in [5, 5.41) is 4.99. The summed E-state index contributed by atoms with van der Waals surface area (Å²) in [5.41, 5.74) is 4.66. The summed E-state index contributed by atoms with van der Waals surface area (Å²) >= 11 is 1.62. The Hall–Kier alpha value is -1.89. The van der Waals surface area contributed by atoms with Gasteiger partial charge in [0, 0.05) is 0 Å². The van der Waals surface area contributed by atoms with Crippen LogP contribution in [0.15, 0.2) is 41.1 Å². The van der Waals surface area contributed by atoms with Crippen molar-refractivity contribution in [1.29, 1.82) is 0 Å². The van der Waals surface area contributed by atoms with E-state index in [0.717, 1.165) is 16.1 Å². The number of thiophene rings is 1. The van der Waals surface area contributed by atoms with Crippen molar-refractivity contribution < 1.29 is 4.79 Å². The summed E-state index contributed by atoms with van der Waals surface area (Å²) in [4.78, 5) is 11.3. The monoisotopic (exact) mass is 248 g/mol. The molecule has 0 saturated heterocycles. The molecule has 6 heteroatoms. The summed E-state index contributed by atoms with van der Waals surface area (Å²) in [6, 6.07) is 8.81. The Labute approximate surface area is 103 Å². The first-order chi connectivity index (χ1) is 8.22. The second-order valence-corrected chi connectivity index (χ2v) is 4.16. The molecule has 0 spiro atoms. The molecule has 0 fully saturated rings. The van der Waals surface area contributed by atoms with Crippen molar-refractivity contribution in [2.45, 2.75) is 0 Å². The van der Waals surface area contributed by atoms with E-state index in [1.807, 2.05) is 40.5 Å².